The van der Waals surface area contributed by atoms with E-state index in [2.05, 4.69) is 129 Å². The molecule has 0 aliphatic heterocycles. The van der Waals surface area contributed by atoms with Crippen LogP contribution >= 0.6 is 0 Å². The van der Waals surface area contributed by atoms with Gasteiger partial charge in [-0.15, -0.1) is 0 Å². The molecule has 0 fully saturated rings. The fourth-order valence-corrected chi connectivity index (χ4v) is 5.70. The molecule has 3 heteroatoms. The van der Waals surface area contributed by atoms with E-state index < -0.39 is 17.6 Å². The third-order valence-electron chi connectivity index (χ3n) is 5.88. The van der Waals surface area contributed by atoms with Gasteiger partial charge < -0.3 is 5.32 Å². The van der Waals surface area contributed by atoms with E-state index in [0.717, 1.165) is 11.4 Å². The number of hydrogen-bond donors (Lipinski definition) is 1. The molecule has 0 saturated carbocycles. The largest absolute Gasteiger partial charge is 0.356 e. The fourth-order valence-electron chi connectivity index (χ4n) is 3.78. The van der Waals surface area contributed by atoms with Gasteiger partial charge in [-0.1, -0.05) is 109 Å². The Morgan fingerprint density at radius 2 is 0.645 bits per heavy atom. The lowest BCUT2D eigenvalue weighted by molar-refractivity contribution is 1.53. The van der Waals surface area contributed by atoms with Crippen LogP contribution in [0, 0.1) is 0 Å². The lowest BCUT2D eigenvalue weighted by Crippen LogP contribution is -2.21. The summed E-state index contributed by atoms with van der Waals surface area (Å²) in [5.41, 5.74) is 7.28. The molecular formula is C28H31NSi2. The van der Waals surface area contributed by atoms with E-state index in [4.69, 9.17) is 0 Å². The van der Waals surface area contributed by atoms with Crippen LogP contribution in [0.4, 0.5) is 11.4 Å². The Labute approximate surface area is 190 Å². The first-order valence-electron chi connectivity index (χ1n) is 11.2. The smallest absolute Gasteiger partial charge is 0.0647 e. The van der Waals surface area contributed by atoms with Gasteiger partial charge in [0.25, 0.3) is 0 Å². The van der Waals surface area contributed by atoms with Crippen LogP contribution in [0.25, 0.3) is 22.3 Å². The van der Waals surface area contributed by atoms with Crippen molar-refractivity contribution in [1.82, 2.24) is 0 Å². The molecule has 0 aliphatic rings. The summed E-state index contributed by atoms with van der Waals surface area (Å²) >= 11 is 0. The van der Waals surface area contributed by atoms with Gasteiger partial charge in [0.1, 0.15) is 0 Å². The lowest BCUT2D eigenvalue weighted by Gasteiger charge is -2.10. The molecule has 0 saturated heterocycles. The first kappa shape index (κ1) is 21.3. The number of rotatable bonds is 6. The Morgan fingerprint density at radius 3 is 0.903 bits per heavy atom. The maximum Gasteiger partial charge on any atom is 0.0647 e. The predicted octanol–water partition coefficient (Wildman–Crippen LogP) is 6.15. The second-order valence-corrected chi connectivity index (χ2v) is 14.8. The molecule has 4 rings (SSSR count). The van der Waals surface area contributed by atoms with Crippen LogP contribution in [0.5, 0.6) is 0 Å². The molecule has 31 heavy (non-hydrogen) atoms. The number of benzene rings is 4. The second kappa shape index (κ2) is 9.50. The molecule has 4 aromatic rings. The van der Waals surface area contributed by atoms with Crippen LogP contribution < -0.4 is 15.7 Å². The highest BCUT2D eigenvalue weighted by molar-refractivity contribution is 6.71. The average Bonchev–Trinajstić information content (AvgIpc) is 2.80. The first-order chi connectivity index (χ1) is 15.0. The second-order valence-electron chi connectivity index (χ2n) is 8.83. The first-order valence-corrected chi connectivity index (χ1v) is 16.9. The summed E-state index contributed by atoms with van der Waals surface area (Å²) in [5, 5.41) is 6.55. The van der Waals surface area contributed by atoms with Gasteiger partial charge in [0.15, 0.2) is 0 Å². The molecule has 0 spiro atoms. The van der Waals surface area contributed by atoms with Crippen molar-refractivity contribution in [2.75, 3.05) is 5.32 Å². The van der Waals surface area contributed by atoms with E-state index in [1.165, 1.54) is 32.6 Å². The monoisotopic (exact) mass is 437 g/mol. The summed E-state index contributed by atoms with van der Waals surface area (Å²) in [6, 6.07) is 35.6. The molecular weight excluding hydrogens is 406 g/mol. The zero-order chi connectivity index (χ0) is 21.8. The Morgan fingerprint density at radius 1 is 0.387 bits per heavy atom. The topological polar surface area (TPSA) is 12.0 Å². The van der Waals surface area contributed by atoms with Crippen molar-refractivity contribution in [3.8, 4) is 22.3 Å². The van der Waals surface area contributed by atoms with Gasteiger partial charge in [-0.05, 0) is 46.5 Å². The normalized spacial score (nSPS) is 11.2. The molecule has 0 atom stereocenters. The molecule has 0 amide bonds. The lowest BCUT2D eigenvalue weighted by atomic mass is 10.0. The van der Waals surface area contributed by atoms with Crippen molar-refractivity contribution in [1.29, 1.82) is 0 Å². The third-order valence-corrected chi connectivity index (χ3v) is 9.32. The van der Waals surface area contributed by atoms with Crippen molar-refractivity contribution in [2.24, 2.45) is 0 Å². The summed E-state index contributed by atoms with van der Waals surface area (Å²) in [7, 11) is -1.46. The Bertz CT molecular complexity index is 1020. The fraction of sp³-hybridized carbons (Fsp3) is 0.143. The van der Waals surface area contributed by atoms with E-state index in [-0.39, 0.29) is 0 Å². The van der Waals surface area contributed by atoms with Crippen molar-refractivity contribution in [3.63, 3.8) is 0 Å². The number of anilines is 2. The minimum absolute atomic E-state index is 0.731. The number of nitrogens with one attached hydrogen (secondary N) is 1. The van der Waals surface area contributed by atoms with Gasteiger partial charge in [-0.2, -0.15) is 0 Å². The number of hydrogen-bond acceptors (Lipinski definition) is 1. The molecule has 0 unspecified atom stereocenters. The van der Waals surface area contributed by atoms with E-state index in [1.807, 2.05) is 0 Å². The molecule has 0 radical (unpaired) electrons. The maximum atomic E-state index is 3.52. The molecule has 0 aromatic heterocycles. The third kappa shape index (κ3) is 5.24. The molecule has 0 bridgehead atoms. The molecule has 1 N–H and O–H groups in total. The van der Waals surface area contributed by atoms with Gasteiger partial charge in [0.2, 0.25) is 0 Å². The van der Waals surface area contributed by atoms with Gasteiger partial charge in [-0.3, -0.25) is 0 Å². The Kier molecular flexibility index (Phi) is 6.54. The highest BCUT2D eigenvalue weighted by Crippen LogP contribution is 2.25. The molecule has 156 valence electrons. The highest BCUT2D eigenvalue weighted by atomic mass is 28.3. The van der Waals surface area contributed by atoms with Crippen molar-refractivity contribution >= 4 is 39.3 Å². The maximum absolute atomic E-state index is 3.52. The Hall–Kier alpha value is -2.89. The van der Waals surface area contributed by atoms with Crippen LogP contribution in [0.3, 0.4) is 0 Å². The summed E-state index contributed by atoms with van der Waals surface area (Å²) < 4.78 is 0. The van der Waals surface area contributed by atoms with Crippen molar-refractivity contribution in [2.45, 2.75) is 26.2 Å². The van der Waals surface area contributed by atoms with Crippen LogP contribution in [0.2, 0.25) is 26.2 Å². The van der Waals surface area contributed by atoms with Crippen molar-refractivity contribution in [3.05, 3.63) is 97.1 Å². The van der Waals surface area contributed by atoms with E-state index in [9.17, 15) is 0 Å². The van der Waals surface area contributed by atoms with Crippen LogP contribution in [-0.2, 0) is 0 Å². The highest BCUT2D eigenvalue weighted by Gasteiger charge is 2.04. The summed E-state index contributed by atoms with van der Waals surface area (Å²) in [4.78, 5) is 0. The van der Waals surface area contributed by atoms with Gasteiger partial charge in [0.05, 0.1) is 17.6 Å². The standard InChI is InChI=1S/C28H31NSi2/c1-30(2)27-17-9-23(10-18-27)21-5-13-25(14-6-21)29-26-15-7-22(8-16-26)24-11-19-28(20-12-24)31(3)4/h5-20,29-31H,1-4H3. The van der Waals surface area contributed by atoms with Gasteiger partial charge in [-0.25, -0.2) is 0 Å². The van der Waals surface area contributed by atoms with Crippen LogP contribution in [0.15, 0.2) is 97.1 Å². The molecule has 4 aromatic carbocycles. The zero-order valence-electron chi connectivity index (χ0n) is 18.9. The van der Waals surface area contributed by atoms with Crippen LogP contribution in [0.1, 0.15) is 0 Å². The zero-order valence-corrected chi connectivity index (χ0v) is 21.2. The molecule has 0 aliphatic carbocycles. The Balaban J connectivity index is 1.43. The molecule has 1 nitrogen and oxygen atoms in total. The van der Waals surface area contributed by atoms with E-state index in [1.54, 1.807) is 0 Å². The van der Waals surface area contributed by atoms with Gasteiger partial charge >= 0.3 is 0 Å². The minimum Gasteiger partial charge on any atom is -0.356 e. The minimum atomic E-state index is -0.731. The summed E-state index contributed by atoms with van der Waals surface area (Å²) in [5.74, 6) is 0. The SMILES string of the molecule is C[SiH](C)c1ccc(-c2ccc(Nc3ccc(-c4ccc([SiH](C)C)cc4)cc3)cc2)cc1. The average molecular weight is 438 g/mol. The quantitative estimate of drug-likeness (QED) is 0.357. The van der Waals surface area contributed by atoms with Crippen LogP contribution in [-0.4, -0.2) is 17.6 Å². The van der Waals surface area contributed by atoms with E-state index in [0.29, 0.717) is 0 Å². The summed E-state index contributed by atoms with van der Waals surface area (Å²) in [6.45, 7) is 9.47. The van der Waals surface area contributed by atoms with Gasteiger partial charge in [0, 0.05) is 11.4 Å². The molecule has 0 heterocycles. The van der Waals surface area contributed by atoms with E-state index >= 15 is 0 Å². The summed E-state index contributed by atoms with van der Waals surface area (Å²) in [6.07, 6.45) is 0. The predicted molar refractivity (Wildman–Crippen MR) is 144 cm³/mol. The van der Waals surface area contributed by atoms with Crippen molar-refractivity contribution < 1.29 is 0 Å².